The van der Waals surface area contributed by atoms with Crippen molar-refractivity contribution in [1.29, 1.82) is 0 Å². The molecule has 1 amide bonds. The van der Waals surface area contributed by atoms with Gasteiger partial charge in [0.2, 0.25) is 0 Å². The highest BCUT2D eigenvalue weighted by Crippen LogP contribution is 2.34. The zero-order valence-corrected chi connectivity index (χ0v) is 17.8. The van der Waals surface area contributed by atoms with Gasteiger partial charge in [-0.1, -0.05) is 59.1 Å². The van der Waals surface area contributed by atoms with Crippen LogP contribution in [0.3, 0.4) is 0 Å². The normalized spacial score (nSPS) is 12.3. The summed E-state index contributed by atoms with van der Waals surface area (Å²) in [6.07, 6.45) is -3.14. The number of halogens is 6. The van der Waals surface area contributed by atoms with E-state index in [4.69, 9.17) is 34.8 Å². The van der Waals surface area contributed by atoms with Crippen LogP contribution in [-0.4, -0.2) is 47.1 Å². The molecule has 0 aliphatic carbocycles. The lowest BCUT2D eigenvalue weighted by Gasteiger charge is -2.16. The molecule has 0 fully saturated rings. The van der Waals surface area contributed by atoms with E-state index < -0.39 is 21.4 Å². The van der Waals surface area contributed by atoms with Crippen molar-refractivity contribution in [1.82, 2.24) is 9.99 Å². The molecule has 0 atom stereocenters. The smallest absolute Gasteiger partial charge is 0.363 e. The lowest BCUT2D eigenvalue weighted by molar-refractivity contribution is -0.137. The second kappa shape index (κ2) is 8.77. The Morgan fingerprint density at radius 2 is 1.66 bits per heavy atom. The molecule has 0 bridgehead atoms. The SMILES string of the molecule is CN(N=Cc1ccc(-c2cc(C(F)(F)F)cc(N(C)C)n2)cc1)C(=O)C(Cl)(Cl)Cl. The number of benzene rings is 1. The minimum absolute atomic E-state index is 0.176. The Hall–Kier alpha value is -2.03. The first-order valence-electron chi connectivity index (χ1n) is 8.05. The van der Waals surface area contributed by atoms with Crippen molar-refractivity contribution in [2.75, 3.05) is 26.0 Å². The Morgan fingerprint density at radius 3 is 2.14 bits per heavy atom. The highest BCUT2D eigenvalue weighted by Gasteiger charge is 2.34. The molecule has 0 aliphatic rings. The number of pyridine rings is 1. The summed E-state index contributed by atoms with van der Waals surface area (Å²) in [6, 6.07) is 8.40. The van der Waals surface area contributed by atoms with Gasteiger partial charge in [-0.25, -0.2) is 9.99 Å². The van der Waals surface area contributed by atoms with E-state index in [9.17, 15) is 18.0 Å². The maximum atomic E-state index is 13.2. The van der Waals surface area contributed by atoms with Crippen LogP contribution in [-0.2, 0) is 11.0 Å². The maximum Gasteiger partial charge on any atom is 0.416 e. The molecule has 0 aliphatic heterocycles. The Balaban J connectivity index is 2.29. The third-order valence-electron chi connectivity index (χ3n) is 3.72. The molecule has 0 N–H and O–H groups in total. The van der Waals surface area contributed by atoms with Gasteiger partial charge in [-0.15, -0.1) is 0 Å². The number of carbonyl (C=O) groups excluding carboxylic acids is 1. The molecule has 1 heterocycles. The molecule has 156 valence electrons. The van der Waals surface area contributed by atoms with E-state index in [1.807, 2.05) is 0 Å². The van der Waals surface area contributed by atoms with Crippen LogP contribution >= 0.6 is 34.8 Å². The van der Waals surface area contributed by atoms with E-state index in [1.54, 1.807) is 38.4 Å². The van der Waals surface area contributed by atoms with E-state index in [-0.39, 0.29) is 11.5 Å². The zero-order valence-electron chi connectivity index (χ0n) is 15.5. The summed E-state index contributed by atoms with van der Waals surface area (Å²) in [6.45, 7) is 0. The van der Waals surface area contributed by atoms with E-state index in [2.05, 4.69) is 10.1 Å². The lowest BCUT2D eigenvalue weighted by atomic mass is 10.1. The molecule has 0 radical (unpaired) electrons. The van der Waals surface area contributed by atoms with Crippen LogP contribution in [0.5, 0.6) is 0 Å². The van der Waals surface area contributed by atoms with Crippen LogP contribution < -0.4 is 4.90 Å². The van der Waals surface area contributed by atoms with Crippen LogP contribution in [0, 0.1) is 0 Å². The number of hydrogen-bond acceptors (Lipinski definition) is 4. The molecular formula is C18H16Cl3F3N4O. The first kappa shape index (κ1) is 23.3. The third-order valence-corrected chi connectivity index (χ3v) is 4.21. The van der Waals surface area contributed by atoms with Crippen molar-refractivity contribution >= 4 is 52.7 Å². The highest BCUT2D eigenvalue weighted by molar-refractivity contribution is 6.76. The van der Waals surface area contributed by atoms with Gasteiger partial charge in [0.25, 0.3) is 9.70 Å². The number of amides is 1. The first-order valence-corrected chi connectivity index (χ1v) is 9.18. The van der Waals surface area contributed by atoms with Gasteiger partial charge in [0.15, 0.2) is 0 Å². The number of anilines is 1. The summed E-state index contributed by atoms with van der Waals surface area (Å²) in [7, 11) is 4.55. The van der Waals surface area contributed by atoms with Crippen LogP contribution in [0.4, 0.5) is 19.0 Å². The van der Waals surface area contributed by atoms with Gasteiger partial charge >= 0.3 is 6.18 Å². The number of aromatic nitrogens is 1. The minimum Gasteiger partial charge on any atom is -0.363 e. The summed E-state index contributed by atoms with van der Waals surface area (Å²) >= 11 is 16.5. The molecule has 1 aromatic carbocycles. The predicted octanol–water partition coefficient (Wildman–Crippen LogP) is 5.00. The molecular weight excluding hydrogens is 452 g/mol. The van der Waals surface area contributed by atoms with E-state index in [0.29, 0.717) is 11.1 Å². The van der Waals surface area contributed by atoms with Crippen LogP contribution in [0.2, 0.25) is 0 Å². The number of nitrogens with zero attached hydrogens (tertiary/aromatic N) is 4. The van der Waals surface area contributed by atoms with E-state index in [1.165, 1.54) is 18.2 Å². The zero-order chi connectivity index (χ0) is 22.0. The highest BCUT2D eigenvalue weighted by atomic mass is 35.6. The topological polar surface area (TPSA) is 48.8 Å². The molecule has 1 aromatic heterocycles. The van der Waals surface area contributed by atoms with E-state index in [0.717, 1.165) is 17.1 Å². The third kappa shape index (κ3) is 6.22. The monoisotopic (exact) mass is 466 g/mol. The number of alkyl halides is 6. The van der Waals surface area contributed by atoms with Crippen molar-refractivity contribution in [3.63, 3.8) is 0 Å². The molecule has 0 saturated heterocycles. The second-order valence-corrected chi connectivity index (χ2v) is 8.47. The first-order chi connectivity index (χ1) is 13.3. The Kier molecular flexibility index (Phi) is 7.03. The number of hydrogen-bond donors (Lipinski definition) is 0. The predicted molar refractivity (Wildman–Crippen MR) is 110 cm³/mol. The summed E-state index contributed by atoms with van der Waals surface area (Å²) in [5.41, 5.74) is 0.457. The molecule has 29 heavy (non-hydrogen) atoms. The van der Waals surface area contributed by atoms with Gasteiger partial charge in [-0.3, -0.25) is 4.79 Å². The van der Waals surface area contributed by atoms with Gasteiger partial charge in [-0.05, 0) is 17.7 Å². The Morgan fingerprint density at radius 1 is 1.07 bits per heavy atom. The molecule has 0 spiro atoms. The summed E-state index contributed by atoms with van der Waals surface area (Å²) in [4.78, 5) is 17.5. The molecule has 11 heteroatoms. The van der Waals surface area contributed by atoms with Gasteiger partial charge in [0, 0.05) is 26.7 Å². The average Bonchev–Trinajstić information content (AvgIpc) is 2.64. The summed E-state index contributed by atoms with van der Waals surface area (Å²) in [5, 5.41) is 4.75. The fourth-order valence-electron chi connectivity index (χ4n) is 2.19. The summed E-state index contributed by atoms with van der Waals surface area (Å²) in [5.74, 6) is -0.646. The standard InChI is InChI=1S/C18H16Cl3F3N4O/c1-27(2)15-9-13(18(22,23)24)8-14(26-15)12-6-4-11(5-7-12)10-25-28(3)16(29)17(19,20)21/h4-10H,1-3H3. The number of hydrazone groups is 1. The average molecular weight is 468 g/mol. The number of carbonyl (C=O) groups is 1. The summed E-state index contributed by atoms with van der Waals surface area (Å²) < 4.78 is 37.4. The van der Waals surface area contributed by atoms with Crippen LogP contribution in [0.1, 0.15) is 11.1 Å². The van der Waals surface area contributed by atoms with Crippen molar-refractivity contribution in [3.05, 3.63) is 47.5 Å². The van der Waals surface area contributed by atoms with Gasteiger partial charge in [0.05, 0.1) is 17.5 Å². The fourth-order valence-corrected chi connectivity index (χ4v) is 2.55. The number of rotatable bonds is 4. The minimum atomic E-state index is -4.49. The van der Waals surface area contributed by atoms with E-state index >= 15 is 0 Å². The van der Waals surface area contributed by atoms with Crippen molar-refractivity contribution < 1.29 is 18.0 Å². The van der Waals surface area contributed by atoms with Crippen molar-refractivity contribution in [2.24, 2.45) is 5.10 Å². The van der Waals surface area contributed by atoms with Crippen molar-refractivity contribution in [2.45, 2.75) is 9.97 Å². The van der Waals surface area contributed by atoms with Gasteiger partial charge < -0.3 is 4.90 Å². The van der Waals surface area contributed by atoms with Crippen molar-refractivity contribution in [3.8, 4) is 11.3 Å². The largest absolute Gasteiger partial charge is 0.416 e. The lowest BCUT2D eigenvalue weighted by Crippen LogP contribution is -2.32. The Labute approximate surface area is 180 Å². The van der Waals surface area contributed by atoms with Gasteiger partial charge in [0.1, 0.15) is 5.82 Å². The maximum absolute atomic E-state index is 13.2. The van der Waals surface area contributed by atoms with Crippen LogP contribution in [0.15, 0.2) is 41.5 Å². The fraction of sp³-hybridized carbons (Fsp3) is 0.278. The van der Waals surface area contributed by atoms with Crippen LogP contribution in [0.25, 0.3) is 11.3 Å². The quantitative estimate of drug-likeness (QED) is 0.361. The molecule has 2 aromatic rings. The van der Waals surface area contributed by atoms with Gasteiger partial charge in [-0.2, -0.15) is 18.3 Å². The molecule has 2 rings (SSSR count). The second-order valence-electron chi connectivity index (χ2n) is 6.18. The molecule has 5 nitrogen and oxygen atoms in total. The Bertz CT molecular complexity index is 910. The molecule has 0 saturated carbocycles. The molecule has 0 unspecified atom stereocenters.